The number of thiophene rings is 1. The zero-order valence-corrected chi connectivity index (χ0v) is 14.4. The first-order valence-corrected chi connectivity index (χ1v) is 8.75. The molecule has 0 aliphatic rings. The summed E-state index contributed by atoms with van der Waals surface area (Å²) in [5.74, 6) is -0.149. The van der Waals surface area contributed by atoms with Gasteiger partial charge in [-0.25, -0.2) is 0 Å². The van der Waals surface area contributed by atoms with Gasteiger partial charge in [0.1, 0.15) is 0 Å². The molecule has 0 fully saturated rings. The Morgan fingerprint density at radius 3 is 2.52 bits per heavy atom. The van der Waals surface area contributed by atoms with Crippen molar-refractivity contribution in [3.05, 3.63) is 48.5 Å². The molecule has 1 amide bonds. The molecule has 0 saturated heterocycles. The van der Waals surface area contributed by atoms with Gasteiger partial charge in [-0.2, -0.15) is 0 Å². The molecule has 3 rings (SSSR count). The Kier molecular flexibility index (Phi) is 4.50. The maximum absolute atomic E-state index is 11.4. The Morgan fingerprint density at radius 2 is 1.83 bits per heavy atom. The van der Waals surface area contributed by atoms with Crippen LogP contribution >= 0.6 is 23.1 Å². The summed E-state index contributed by atoms with van der Waals surface area (Å²) in [6, 6.07) is 16.2. The van der Waals surface area contributed by atoms with Gasteiger partial charge in [-0.05, 0) is 35.2 Å². The second kappa shape index (κ2) is 6.56. The van der Waals surface area contributed by atoms with Crippen molar-refractivity contribution in [3.8, 4) is 10.4 Å². The van der Waals surface area contributed by atoms with Crippen LogP contribution in [0.25, 0.3) is 20.5 Å². The highest BCUT2D eigenvalue weighted by Crippen LogP contribution is 2.37. The molecular weight excluding hydrogens is 326 g/mol. The van der Waals surface area contributed by atoms with E-state index >= 15 is 0 Å². The molecule has 116 valence electrons. The van der Waals surface area contributed by atoms with Gasteiger partial charge in [-0.1, -0.05) is 36.0 Å². The third kappa shape index (κ3) is 3.63. The number of fused-ring (bicyclic) bond motifs is 1. The van der Waals surface area contributed by atoms with Crippen molar-refractivity contribution in [3.63, 3.8) is 0 Å². The lowest BCUT2D eigenvalue weighted by atomic mass is 10.1. The molecule has 0 unspecified atom stereocenters. The number of anilines is 1. The molecule has 3 nitrogen and oxygen atoms in total. The van der Waals surface area contributed by atoms with Gasteiger partial charge in [0, 0.05) is 28.3 Å². The highest BCUT2D eigenvalue weighted by molar-refractivity contribution is 8.13. The van der Waals surface area contributed by atoms with Gasteiger partial charge in [0.15, 0.2) is 5.12 Å². The largest absolute Gasteiger partial charge is 0.325 e. The van der Waals surface area contributed by atoms with Gasteiger partial charge in [-0.3, -0.25) is 9.59 Å². The number of amides is 1. The third-order valence-corrected chi connectivity index (χ3v) is 5.28. The maximum Gasteiger partial charge on any atom is 0.221 e. The summed E-state index contributed by atoms with van der Waals surface area (Å²) in [6.45, 7) is 2.98. The fourth-order valence-corrected chi connectivity index (χ4v) is 4.06. The van der Waals surface area contributed by atoms with E-state index in [1.54, 1.807) is 11.3 Å². The summed E-state index contributed by atoms with van der Waals surface area (Å²) in [5.41, 5.74) is 1.70. The lowest BCUT2D eigenvalue weighted by Gasteiger charge is -2.10. The van der Waals surface area contributed by atoms with Gasteiger partial charge >= 0.3 is 0 Å². The van der Waals surface area contributed by atoms with Crippen LogP contribution in [0.5, 0.6) is 0 Å². The third-order valence-electron chi connectivity index (χ3n) is 3.25. The Morgan fingerprint density at radius 1 is 1.04 bits per heavy atom. The SMILES string of the molecule is CC(=O)Nc1cc(-c2cc3ccccc3s2)ccc1SC(C)=O. The Bertz CT molecular complexity index is 866. The molecule has 0 bridgehead atoms. The number of hydrogen-bond donors (Lipinski definition) is 1. The average molecular weight is 341 g/mol. The van der Waals surface area contributed by atoms with Gasteiger partial charge in [0.05, 0.1) is 5.69 Å². The molecule has 0 spiro atoms. The van der Waals surface area contributed by atoms with Crippen molar-refractivity contribution in [2.75, 3.05) is 5.32 Å². The summed E-state index contributed by atoms with van der Waals surface area (Å²) >= 11 is 2.84. The summed E-state index contributed by atoms with van der Waals surface area (Å²) in [5, 5.41) is 4.01. The van der Waals surface area contributed by atoms with E-state index in [4.69, 9.17) is 0 Å². The summed E-state index contributed by atoms with van der Waals surface area (Å²) in [7, 11) is 0. The maximum atomic E-state index is 11.4. The quantitative estimate of drug-likeness (QED) is 0.669. The van der Waals surface area contributed by atoms with Crippen LogP contribution in [0.2, 0.25) is 0 Å². The number of nitrogens with one attached hydrogen (secondary N) is 1. The van der Waals surface area contributed by atoms with Crippen LogP contribution in [0.3, 0.4) is 0 Å². The number of thioether (sulfide) groups is 1. The standard InChI is InChI=1S/C18H15NO2S2/c1-11(20)19-15-9-14(7-8-17(15)22-12(2)21)18-10-13-5-3-4-6-16(13)23-18/h3-10H,1-2H3,(H,19,20). The van der Waals surface area contributed by atoms with Crippen LogP contribution in [-0.2, 0) is 9.59 Å². The fraction of sp³-hybridized carbons (Fsp3) is 0.111. The van der Waals surface area contributed by atoms with E-state index in [0.717, 1.165) is 27.1 Å². The van der Waals surface area contributed by atoms with Gasteiger partial charge in [0.25, 0.3) is 0 Å². The summed E-state index contributed by atoms with van der Waals surface area (Å²) in [4.78, 5) is 24.7. The average Bonchev–Trinajstić information content (AvgIpc) is 2.92. The number of carbonyl (C=O) groups excluding carboxylic acids is 2. The van der Waals surface area contributed by atoms with Crippen molar-refractivity contribution >= 4 is 49.9 Å². The monoisotopic (exact) mass is 341 g/mol. The zero-order chi connectivity index (χ0) is 16.4. The molecule has 0 radical (unpaired) electrons. The van der Waals surface area contributed by atoms with E-state index in [1.807, 2.05) is 30.3 Å². The fourth-order valence-electron chi connectivity index (χ4n) is 2.34. The van der Waals surface area contributed by atoms with Crippen LogP contribution in [0.15, 0.2) is 53.4 Å². The molecule has 1 aromatic heterocycles. The minimum Gasteiger partial charge on any atom is -0.325 e. The molecule has 1 heterocycles. The van der Waals surface area contributed by atoms with Crippen LogP contribution in [0, 0.1) is 0 Å². The van der Waals surface area contributed by atoms with Crippen molar-refractivity contribution in [2.24, 2.45) is 0 Å². The molecular formula is C18H15NO2S2. The smallest absolute Gasteiger partial charge is 0.221 e. The van der Waals surface area contributed by atoms with Crippen molar-refractivity contribution in [2.45, 2.75) is 18.7 Å². The molecule has 0 saturated carbocycles. The number of rotatable bonds is 3. The normalized spacial score (nSPS) is 10.7. The van der Waals surface area contributed by atoms with Crippen molar-refractivity contribution in [1.82, 2.24) is 0 Å². The predicted molar refractivity (Wildman–Crippen MR) is 98.1 cm³/mol. The van der Waals surface area contributed by atoms with Crippen LogP contribution in [0.1, 0.15) is 13.8 Å². The van der Waals surface area contributed by atoms with Crippen LogP contribution in [-0.4, -0.2) is 11.0 Å². The van der Waals surface area contributed by atoms with E-state index in [2.05, 4.69) is 23.5 Å². The minimum absolute atomic E-state index is 0.00814. The summed E-state index contributed by atoms with van der Waals surface area (Å²) < 4.78 is 1.23. The lowest BCUT2D eigenvalue weighted by molar-refractivity contribution is -0.114. The Hall–Kier alpha value is -2.11. The molecule has 0 aliphatic carbocycles. The lowest BCUT2D eigenvalue weighted by Crippen LogP contribution is -2.07. The predicted octanol–water partition coefficient (Wildman–Crippen LogP) is 5.17. The number of hydrogen-bond acceptors (Lipinski definition) is 4. The molecule has 0 atom stereocenters. The first-order chi connectivity index (χ1) is 11.0. The topological polar surface area (TPSA) is 46.2 Å². The highest BCUT2D eigenvalue weighted by atomic mass is 32.2. The van der Waals surface area contributed by atoms with E-state index < -0.39 is 0 Å². The molecule has 5 heteroatoms. The van der Waals surface area contributed by atoms with Crippen LogP contribution < -0.4 is 5.32 Å². The highest BCUT2D eigenvalue weighted by Gasteiger charge is 2.11. The van der Waals surface area contributed by atoms with Gasteiger partial charge < -0.3 is 5.32 Å². The molecule has 3 aromatic rings. The molecule has 23 heavy (non-hydrogen) atoms. The first-order valence-electron chi connectivity index (χ1n) is 7.12. The molecule has 1 N–H and O–H groups in total. The second-order valence-corrected chi connectivity index (χ2v) is 7.44. The molecule has 0 aliphatic heterocycles. The van der Waals surface area contributed by atoms with E-state index in [1.165, 1.54) is 23.9 Å². The second-order valence-electron chi connectivity index (χ2n) is 5.13. The summed E-state index contributed by atoms with van der Waals surface area (Å²) in [6.07, 6.45) is 0. The molecule has 2 aromatic carbocycles. The van der Waals surface area contributed by atoms with E-state index in [-0.39, 0.29) is 11.0 Å². The van der Waals surface area contributed by atoms with Crippen LogP contribution in [0.4, 0.5) is 5.69 Å². The first kappa shape index (κ1) is 15.8. The van der Waals surface area contributed by atoms with E-state index in [0.29, 0.717) is 5.69 Å². The van der Waals surface area contributed by atoms with E-state index in [9.17, 15) is 9.59 Å². The zero-order valence-electron chi connectivity index (χ0n) is 12.8. The Balaban J connectivity index is 2.05. The van der Waals surface area contributed by atoms with Crippen molar-refractivity contribution < 1.29 is 9.59 Å². The van der Waals surface area contributed by atoms with Gasteiger partial charge in [-0.15, -0.1) is 11.3 Å². The number of carbonyl (C=O) groups is 2. The minimum atomic E-state index is -0.149. The van der Waals surface area contributed by atoms with Gasteiger partial charge in [0.2, 0.25) is 5.91 Å². The number of benzene rings is 2. The Labute approximate surface area is 142 Å². The van der Waals surface area contributed by atoms with Crippen molar-refractivity contribution in [1.29, 1.82) is 0 Å².